The first-order valence-corrected chi connectivity index (χ1v) is 8.54. The van der Waals surface area contributed by atoms with E-state index in [2.05, 4.69) is 25.2 Å². The van der Waals surface area contributed by atoms with E-state index in [1.54, 1.807) is 0 Å². The smallest absolute Gasteiger partial charge is 0.365 e. The van der Waals surface area contributed by atoms with E-state index in [4.69, 9.17) is 4.98 Å². The summed E-state index contributed by atoms with van der Waals surface area (Å²) >= 11 is 0. The maximum atomic E-state index is 12.8. The Balaban J connectivity index is 1.50. The van der Waals surface area contributed by atoms with Crippen molar-refractivity contribution in [3.05, 3.63) is 48.0 Å². The van der Waals surface area contributed by atoms with Crippen molar-refractivity contribution >= 4 is 22.7 Å². The second kappa shape index (κ2) is 6.64. The van der Waals surface area contributed by atoms with Crippen LogP contribution in [0.2, 0.25) is 0 Å². The molecule has 1 fully saturated rings. The Morgan fingerprint density at radius 3 is 2.59 bits per heavy atom. The molecule has 0 saturated carbocycles. The molecule has 27 heavy (non-hydrogen) atoms. The number of aryl methyl sites for hydroxylation is 1. The molecule has 3 heterocycles. The van der Waals surface area contributed by atoms with E-state index in [1.807, 2.05) is 31.2 Å². The summed E-state index contributed by atoms with van der Waals surface area (Å²) in [5.41, 5.74) is 1.54. The summed E-state index contributed by atoms with van der Waals surface area (Å²) in [4.78, 5) is 18.6. The van der Waals surface area contributed by atoms with E-state index < -0.39 is 11.9 Å². The van der Waals surface area contributed by atoms with Gasteiger partial charge in [0.05, 0.1) is 16.7 Å². The minimum Gasteiger partial charge on any atom is -0.365 e. The van der Waals surface area contributed by atoms with E-state index in [0.717, 1.165) is 47.9 Å². The number of nitrogens with zero attached hydrogens (tertiary/aromatic N) is 5. The van der Waals surface area contributed by atoms with Gasteiger partial charge in [-0.1, -0.05) is 12.1 Å². The lowest BCUT2D eigenvalue weighted by molar-refractivity contribution is -0.141. The molecule has 2 aromatic heterocycles. The summed E-state index contributed by atoms with van der Waals surface area (Å²) in [5, 5.41) is 3.07. The monoisotopic (exact) mass is 374 g/mol. The lowest BCUT2D eigenvalue weighted by atomic mass is 10.2. The second-order valence-electron chi connectivity index (χ2n) is 6.48. The molecule has 0 radical (unpaired) electrons. The third-order valence-corrected chi connectivity index (χ3v) is 4.52. The van der Waals surface area contributed by atoms with Crippen LogP contribution in [-0.4, -0.2) is 39.1 Å². The molecule has 1 atom stereocenters. The number of nitrogens with one attached hydrogen (secondary N) is 1. The van der Waals surface area contributed by atoms with Gasteiger partial charge in [0.1, 0.15) is 17.8 Å². The van der Waals surface area contributed by atoms with E-state index in [-0.39, 0.29) is 11.9 Å². The Kier molecular flexibility index (Phi) is 4.29. The number of halogens is 3. The van der Waals surface area contributed by atoms with Crippen LogP contribution in [0.25, 0.3) is 11.0 Å². The Bertz CT molecular complexity index is 975. The van der Waals surface area contributed by atoms with Gasteiger partial charge in [-0.3, -0.25) is 0 Å². The van der Waals surface area contributed by atoms with Crippen molar-refractivity contribution in [3.8, 4) is 0 Å². The molecule has 0 spiro atoms. The van der Waals surface area contributed by atoms with Gasteiger partial charge in [0.2, 0.25) is 0 Å². The van der Waals surface area contributed by atoms with Gasteiger partial charge in [0, 0.05) is 25.2 Å². The number of para-hydroxylation sites is 2. The Morgan fingerprint density at radius 2 is 1.85 bits per heavy atom. The highest BCUT2D eigenvalue weighted by atomic mass is 19.4. The summed E-state index contributed by atoms with van der Waals surface area (Å²) in [7, 11) is 0. The lowest BCUT2D eigenvalue weighted by Crippen LogP contribution is -2.27. The summed E-state index contributed by atoms with van der Waals surface area (Å²) in [6, 6.07) is 8.57. The third-order valence-electron chi connectivity index (χ3n) is 4.52. The maximum Gasteiger partial charge on any atom is 0.433 e. The molecule has 1 N–H and O–H groups in total. The lowest BCUT2D eigenvalue weighted by Gasteiger charge is -2.20. The molecule has 0 bridgehead atoms. The zero-order chi connectivity index (χ0) is 19.0. The molecule has 0 amide bonds. The van der Waals surface area contributed by atoms with Crippen molar-refractivity contribution < 1.29 is 13.2 Å². The predicted molar refractivity (Wildman–Crippen MR) is 95.5 cm³/mol. The molecule has 4 rings (SSSR count). The number of benzene rings is 1. The molecule has 0 aliphatic carbocycles. The van der Waals surface area contributed by atoms with Crippen molar-refractivity contribution in [2.45, 2.75) is 25.6 Å². The van der Waals surface area contributed by atoms with Gasteiger partial charge in [0.25, 0.3) is 0 Å². The first-order chi connectivity index (χ1) is 12.9. The maximum absolute atomic E-state index is 12.8. The Hall–Kier alpha value is -2.97. The summed E-state index contributed by atoms with van der Waals surface area (Å²) < 4.78 is 38.4. The quantitative estimate of drug-likeness (QED) is 0.758. The van der Waals surface area contributed by atoms with Crippen LogP contribution >= 0.6 is 0 Å². The first kappa shape index (κ1) is 17.4. The average molecular weight is 374 g/mol. The van der Waals surface area contributed by atoms with E-state index >= 15 is 0 Å². The molecule has 1 aromatic carbocycles. The van der Waals surface area contributed by atoms with Crippen molar-refractivity contribution in [2.24, 2.45) is 0 Å². The highest BCUT2D eigenvalue weighted by Gasteiger charge is 2.33. The number of anilines is 2. The largest absolute Gasteiger partial charge is 0.433 e. The molecule has 3 aromatic rings. The fourth-order valence-corrected chi connectivity index (χ4v) is 3.25. The highest BCUT2D eigenvalue weighted by Crippen LogP contribution is 2.29. The van der Waals surface area contributed by atoms with Crippen molar-refractivity contribution in [3.63, 3.8) is 0 Å². The van der Waals surface area contributed by atoms with Gasteiger partial charge < -0.3 is 10.2 Å². The Morgan fingerprint density at radius 1 is 1.11 bits per heavy atom. The van der Waals surface area contributed by atoms with Gasteiger partial charge in [-0.25, -0.2) is 19.9 Å². The van der Waals surface area contributed by atoms with Crippen LogP contribution < -0.4 is 10.2 Å². The van der Waals surface area contributed by atoms with Crippen LogP contribution in [0.5, 0.6) is 0 Å². The number of aromatic nitrogens is 4. The van der Waals surface area contributed by atoms with Gasteiger partial charge in [-0.05, 0) is 25.5 Å². The van der Waals surface area contributed by atoms with E-state index in [1.165, 1.54) is 0 Å². The highest BCUT2D eigenvalue weighted by molar-refractivity contribution is 5.76. The van der Waals surface area contributed by atoms with Crippen LogP contribution in [-0.2, 0) is 6.18 Å². The number of hydrogen-bond donors (Lipinski definition) is 1. The fraction of sp³-hybridized carbons (Fsp3) is 0.333. The number of fused-ring (bicyclic) bond motifs is 1. The normalized spacial score (nSPS) is 17.5. The number of alkyl halides is 3. The van der Waals surface area contributed by atoms with Crippen LogP contribution in [0.15, 0.2) is 36.7 Å². The fourth-order valence-electron chi connectivity index (χ4n) is 3.25. The zero-order valence-corrected chi connectivity index (χ0v) is 14.5. The Labute approximate surface area is 153 Å². The zero-order valence-electron chi connectivity index (χ0n) is 14.5. The SMILES string of the molecule is Cc1nc2ccccc2nc1N1CCC(Nc2cc(C(F)(F)F)ncn2)C1. The predicted octanol–water partition coefficient (Wildman–Crippen LogP) is 3.44. The first-order valence-electron chi connectivity index (χ1n) is 8.54. The van der Waals surface area contributed by atoms with Crippen molar-refractivity contribution in [1.29, 1.82) is 0 Å². The number of hydrogen-bond acceptors (Lipinski definition) is 6. The topological polar surface area (TPSA) is 66.8 Å². The second-order valence-corrected chi connectivity index (χ2v) is 6.48. The van der Waals surface area contributed by atoms with Gasteiger partial charge >= 0.3 is 6.18 Å². The van der Waals surface area contributed by atoms with Crippen LogP contribution in [0.4, 0.5) is 24.8 Å². The van der Waals surface area contributed by atoms with Crippen LogP contribution in [0.1, 0.15) is 17.8 Å². The van der Waals surface area contributed by atoms with Gasteiger partial charge in [0.15, 0.2) is 5.82 Å². The molecule has 6 nitrogen and oxygen atoms in total. The average Bonchev–Trinajstić information content (AvgIpc) is 3.09. The molecular formula is C18H17F3N6. The van der Waals surface area contributed by atoms with Crippen molar-refractivity contribution in [1.82, 2.24) is 19.9 Å². The molecule has 1 aliphatic rings. The molecular weight excluding hydrogens is 357 g/mol. The molecule has 9 heteroatoms. The van der Waals surface area contributed by atoms with E-state index in [9.17, 15) is 13.2 Å². The third kappa shape index (κ3) is 3.62. The summed E-state index contributed by atoms with van der Waals surface area (Å²) in [6.45, 7) is 3.26. The van der Waals surface area contributed by atoms with Crippen LogP contribution in [0.3, 0.4) is 0 Å². The van der Waals surface area contributed by atoms with Gasteiger partial charge in [-0.2, -0.15) is 13.2 Å². The standard InChI is InChI=1S/C18H17F3N6/c1-11-17(26-14-5-3-2-4-13(14)24-11)27-7-6-12(9-27)25-16-8-15(18(19,20)21)22-10-23-16/h2-5,8,10,12H,6-7,9H2,1H3,(H,22,23,25). The van der Waals surface area contributed by atoms with Gasteiger partial charge in [-0.15, -0.1) is 0 Å². The summed E-state index contributed by atoms with van der Waals surface area (Å²) in [5.74, 6) is 0.974. The minimum absolute atomic E-state index is 0.0337. The minimum atomic E-state index is -4.49. The molecule has 1 aliphatic heterocycles. The molecule has 140 valence electrons. The number of rotatable bonds is 3. The summed E-state index contributed by atoms with van der Waals surface area (Å²) in [6.07, 6.45) is -2.80. The van der Waals surface area contributed by atoms with Crippen LogP contribution in [0, 0.1) is 6.92 Å². The molecule has 1 unspecified atom stereocenters. The van der Waals surface area contributed by atoms with Crippen molar-refractivity contribution in [2.75, 3.05) is 23.3 Å². The molecule has 1 saturated heterocycles. The van der Waals surface area contributed by atoms with E-state index in [0.29, 0.717) is 6.54 Å².